The lowest BCUT2D eigenvalue weighted by atomic mass is 9.97. The number of hydrogen-bond acceptors (Lipinski definition) is 4. The molecule has 4 heteroatoms. The van der Waals surface area contributed by atoms with Crippen LogP contribution in [0.25, 0.3) is 0 Å². The average Bonchev–Trinajstić information content (AvgIpc) is 2.95. The Morgan fingerprint density at radius 2 is 1.75 bits per heavy atom. The van der Waals surface area contributed by atoms with E-state index < -0.39 is 0 Å². The minimum Gasteiger partial charge on any atom is -0.497 e. The summed E-state index contributed by atoms with van der Waals surface area (Å²) in [6, 6.07) is 7.58. The smallest absolute Gasteiger partial charge is 0.119 e. The van der Waals surface area contributed by atoms with E-state index in [1.54, 1.807) is 7.11 Å². The molecule has 2 unspecified atom stereocenters. The third kappa shape index (κ3) is 4.39. The van der Waals surface area contributed by atoms with Crippen molar-refractivity contribution in [3.63, 3.8) is 0 Å². The molecule has 0 aromatic heterocycles. The maximum absolute atomic E-state index is 5.76. The van der Waals surface area contributed by atoms with Crippen LogP contribution in [0.15, 0.2) is 24.3 Å². The van der Waals surface area contributed by atoms with Gasteiger partial charge in [-0.2, -0.15) is 0 Å². The molecular formula is C16H25NO3. The van der Waals surface area contributed by atoms with Crippen LogP contribution in [0.5, 0.6) is 11.5 Å². The van der Waals surface area contributed by atoms with Crippen LogP contribution in [0.1, 0.15) is 19.3 Å². The maximum atomic E-state index is 5.76. The number of benzene rings is 1. The number of nitrogens with two attached hydrogens (primary N) is 1. The van der Waals surface area contributed by atoms with Gasteiger partial charge in [-0.15, -0.1) is 0 Å². The van der Waals surface area contributed by atoms with Gasteiger partial charge in [-0.1, -0.05) is 6.42 Å². The molecule has 1 saturated carbocycles. The topological polar surface area (TPSA) is 53.7 Å². The molecule has 1 aromatic rings. The Hall–Kier alpha value is -1.26. The van der Waals surface area contributed by atoms with E-state index >= 15 is 0 Å². The molecule has 4 nitrogen and oxygen atoms in total. The zero-order valence-electron chi connectivity index (χ0n) is 12.2. The summed E-state index contributed by atoms with van der Waals surface area (Å²) in [6.07, 6.45) is 3.80. The first-order valence-electron chi connectivity index (χ1n) is 7.38. The summed E-state index contributed by atoms with van der Waals surface area (Å²) in [5, 5.41) is 0. The Kier molecular flexibility index (Phi) is 6.15. The highest BCUT2D eigenvalue weighted by atomic mass is 16.5. The molecular weight excluding hydrogens is 254 g/mol. The predicted molar refractivity (Wildman–Crippen MR) is 79.2 cm³/mol. The van der Waals surface area contributed by atoms with E-state index in [0.29, 0.717) is 25.0 Å². The lowest BCUT2D eigenvalue weighted by Crippen LogP contribution is -2.23. The molecule has 0 bridgehead atoms. The normalized spacial score (nSPS) is 21.9. The van der Waals surface area contributed by atoms with E-state index in [9.17, 15) is 0 Å². The minimum atomic E-state index is 0.576. The largest absolute Gasteiger partial charge is 0.497 e. The summed E-state index contributed by atoms with van der Waals surface area (Å²) < 4.78 is 16.4. The second-order valence-corrected chi connectivity index (χ2v) is 5.29. The van der Waals surface area contributed by atoms with Crippen molar-refractivity contribution in [2.24, 2.45) is 17.6 Å². The summed E-state index contributed by atoms with van der Waals surface area (Å²) in [5.41, 5.74) is 5.76. The van der Waals surface area contributed by atoms with Gasteiger partial charge in [0.2, 0.25) is 0 Å². The van der Waals surface area contributed by atoms with Crippen molar-refractivity contribution in [3.05, 3.63) is 24.3 Å². The van der Waals surface area contributed by atoms with Gasteiger partial charge in [0.1, 0.15) is 18.1 Å². The van der Waals surface area contributed by atoms with Crippen molar-refractivity contribution in [3.8, 4) is 11.5 Å². The predicted octanol–water partition coefficient (Wildman–Crippen LogP) is 2.47. The second kappa shape index (κ2) is 8.12. The molecule has 2 atom stereocenters. The summed E-state index contributed by atoms with van der Waals surface area (Å²) in [5.74, 6) is 2.97. The van der Waals surface area contributed by atoms with Crippen LogP contribution in [0.4, 0.5) is 0 Å². The van der Waals surface area contributed by atoms with Crippen molar-refractivity contribution in [2.75, 3.05) is 33.5 Å². The number of methoxy groups -OCH3 is 1. The fourth-order valence-corrected chi connectivity index (χ4v) is 2.77. The first kappa shape index (κ1) is 15.1. The van der Waals surface area contributed by atoms with Gasteiger partial charge < -0.3 is 19.9 Å². The Bertz CT molecular complexity index is 380. The van der Waals surface area contributed by atoms with Crippen LogP contribution in [0.3, 0.4) is 0 Å². The molecule has 20 heavy (non-hydrogen) atoms. The first-order valence-corrected chi connectivity index (χ1v) is 7.38. The van der Waals surface area contributed by atoms with Gasteiger partial charge in [0.25, 0.3) is 0 Å². The molecule has 112 valence electrons. The molecule has 0 heterocycles. The SMILES string of the molecule is COc1ccc(OCCOCC2CCCC2CN)cc1. The van der Waals surface area contributed by atoms with E-state index in [2.05, 4.69) is 0 Å². The molecule has 1 aromatic carbocycles. The summed E-state index contributed by atoms with van der Waals surface area (Å²) >= 11 is 0. The van der Waals surface area contributed by atoms with Crippen LogP contribution in [0.2, 0.25) is 0 Å². The first-order chi connectivity index (χ1) is 9.83. The van der Waals surface area contributed by atoms with Crippen LogP contribution in [0, 0.1) is 11.8 Å². The van der Waals surface area contributed by atoms with Gasteiger partial charge in [0.15, 0.2) is 0 Å². The third-order valence-electron chi connectivity index (χ3n) is 4.01. The van der Waals surface area contributed by atoms with Crippen LogP contribution >= 0.6 is 0 Å². The van der Waals surface area contributed by atoms with Gasteiger partial charge in [-0.05, 0) is 55.5 Å². The monoisotopic (exact) mass is 279 g/mol. The van der Waals surface area contributed by atoms with Crippen LogP contribution < -0.4 is 15.2 Å². The van der Waals surface area contributed by atoms with Crippen molar-refractivity contribution < 1.29 is 14.2 Å². The summed E-state index contributed by atoms with van der Waals surface area (Å²) in [6.45, 7) is 2.80. The average molecular weight is 279 g/mol. The lowest BCUT2D eigenvalue weighted by Gasteiger charge is -2.17. The molecule has 0 radical (unpaired) electrons. The standard InChI is InChI=1S/C16H25NO3/c1-18-15-5-7-16(8-6-15)20-10-9-19-12-14-4-2-3-13(14)11-17/h5-8,13-14H,2-4,9-12,17H2,1H3. The van der Waals surface area contributed by atoms with Crippen molar-refractivity contribution in [2.45, 2.75) is 19.3 Å². The quantitative estimate of drug-likeness (QED) is 0.743. The summed E-state index contributed by atoms with van der Waals surface area (Å²) in [4.78, 5) is 0. The molecule has 2 rings (SSSR count). The van der Waals surface area contributed by atoms with Crippen molar-refractivity contribution in [1.29, 1.82) is 0 Å². The van der Waals surface area contributed by atoms with Crippen LogP contribution in [-0.2, 0) is 4.74 Å². The highest BCUT2D eigenvalue weighted by Gasteiger charge is 2.25. The Morgan fingerprint density at radius 1 is 1.05 bits per heavy atom. The Labute approximate surface area is 121 Å². The summed E-state index contributed by atoms with van der Waals surface area (Å²) in [7, 11) is 1.65. The molecule has 1 fully saturated rings. The van der Waals surface area contributed by atoms with E-state index in [4.69, 9.17) is 19.9 Å². The second-order valence-electron chi connectivity index (χ2n) is 5.29. The molecule has 0 aliphatic heterocycles. The number of hydrogen-bond donors (Lipinski definition) is 1. The van der Waals surface area contributed by atoms with Crippen molar-refractivity contribution in [1.82, 2.24) is 0 Å². The van der Waals surface area contributed by atoms with Gasteiger partial charge in [-0.3, -0.25) is 0 Å². The van der Waals surface area contributed by atoms with E-state index in [0.717, 1.165) is 24.7 Å². The Balaban J connectivity index is 1.59. The molecule has 0 saturated heterocycles. The number of ether oxygens (including phenoxy) is 3. The molecule has 2 N–H and O–H groups in total. The van der Waals surface area contributed by atoms with E-state index in [1.165, 1.54) is 19.3 Å². The van der Waals surface area contributed by atoms with Gasteiger partial charge >= 0.3 is 0 Å². The van der Waals surface area contributed by atoms with Crippen LogP contribution in [-0.4, -0.2) is 33.5 Å². The van der Waals surface area contributed by atoms with E-state index in [-0.39, 0.29) is 0 Å². The Morgan fingerprint density at radius 3 is 2.45 bits per heavy atom. The minimum absolute atomic E-state index is 0.576. The molecule has 0 spiro atoms. The fourth-order valence-electron chi connectivity index (χ4n) is 2.77. The zero-order chi connectivity index (χ0) is 14.2. The lowest BCUT2D eigenvalue weighted by molar-refractivity contribution is 0.0646. The highest BCUT2D eigenvalue weighted by molar-refractivity contribution is 5.31. The highest BCUT2D eigenvalue weighted by Crippen LogP contribution is 2.30. The molecule has 1 aliphatic carbocycles. The van der Waals surface area contributed by atoms with E-state index in [1.807, 2.05) is 24.3 Å². The maximum Gasteiger partial charge on any atom is 0.119 e. The molecule has 0 amide bonds. The zero-order valence-corrected chi connectivity index (χ0v) is 12.2. The van der Waals surface area contributed by atoms with Crippen molar-refractivity contribution >= 4 is 0 Å². The van der Waals surface area contributed by atoms with Gasteiger partial charge in [-0.25, -0.2) is 0 Å². The fraction of sp³-hybridized carbons (Fsp3) is 0.625. The molecule has 1 aliphatic rings. The van der Waals surface area contributed by atoms with Gasteiger partial charge in [0.05, 0.1) is 13.7 Å². The van der Waals surface area contributed by atoms with Gasteiger partial charge in [0, 0.05) is 6.61 Å². The third-order valence-corrected chi connectivity index (χ3v) is 4.01. The number of rotatable bonds is 8.